The van der Waals surface area contributed by atoms with Gasteiger partial charge < -0.3 is 10.1 Å². The summed E-state index contributed by atoms with van der Waals surface area (Å²) in [5.74, 6) is 2.34. The second kappa shape index (κ2) is 6.63. The zero-order valence-electron chi connectivity index (χ0n) is 15.2. The highest BCUT2D eigenvalue weighted by Gasteiger charge is 2.11. The van der Waals surface area contributed by atoms with Crippen LogP contribution in [-0.4, -0.2) is 33.2 Å². The van der Waals surface area contributed by atoms with Crippen LogP contribution in [0, 0.1) is 13.8 Å². The lowest BCUT2D eigenvalue weighted by atomic mass is 10.1. The first kappa shape index (κ1) is 16.3. The quantitative estimate of drug-likeness (QED) is 0.598. The number of benzene rings is 2. The number of rotatable bonds is 5. The van der Waals surface area contributed by atoms with E-state index in [4.69, 9.17) is 9.72 Å². The Hall–Kier alpha value is -3.15. The van der Waals surface area contributed by atoms with Crippen molar-refractivity contribution in [2.24, 2.45) is 0 Å². The van der Waals surface area contributed by atoms with Gasteiger partial charge in [-0.25, -0.2) is 9.97 Å². The Balaban J connectivity index is 1.64. The molecule has 26 heavy (non-hydrogen) atoms. The molecule has 4 aromatic rings. The molecular weight excluding hydrogens is 326 g/mol. The third-order valence-electron chi connectivity index (χ3n) is 4.40. The van der Waals surface area contributed by atoms with Gasteiger partial charge in [-0.1, -0.05) is 29.8 Å². The fraction of sp³-hybridized carbons (Fsp3) is 0.250. The van der Waals surface area contributed by atoms with Crippen LogP contribution in [0.2, 0.25) is 0 Å². The lowest BCUT2D eigenvalue weighted by Crippen LogP contribution is -2.12. The molecule has 0 atom stereocenters. The van der Waals surface area contributed by atoms with Crippen LogP contribution in [0.4, 0.5) is 5.95 Å². The molecule has 0 aliphatic heterocycles. The van der Waals surface area contributed by atoms with Gasteiger partial charge in [-0.15, -0.1) is 5.10 Å². The van der Waals surface area contributed by atoms with Crippen LogP contribution in [0.25, 0.3) is 16.6 Å². The minimum Gasteiger partial charge on any atom is -0.496 e. The van der Waals surface area contributed by atoms with Crippen molar-refractivity contribution in [3.63, 3.8) is 0 Å². The van der Waals surface area contributed by atoms with E-state index in [0.29, 0.717) is 5.95 Å². The number of methoxy groups -OCH3 is 1. The maximum absolute atomic E-state index is 5.46. The number of anilines is 1. The van der Waals surface area contributed by atoms with Crippen molar-refractivity contribution < 1.29 is 4.74 Å². The molecule has 2 aromatic heterocycles. The molecule has 4 rings (SSSR count). The number of aryl methyl sites for hydroxylation is 2. The van der Waals surface area contributed by atoms with Gasteiger partial charge in [-0.2, -0.15) is 4.52 Å². The summed E-state index contributed by atoms with van der Waals surface area (Å²) in [5.41, 5.74) is 4.12. The van der Waals surface area contributed by atoms with E-state index >= 15 is 0 Å². The van der Waals surface area contributed by atoms with Gasteiger partial charge in [0.1, 0.15) is 11.6 Å². The number of nitrogens with zero attached hydrogens (tertiary/aromatic N) is 4. The number of fused-ring (bicyclic) bond motifs is 3. The summed E-state index contributed by atoms with van der Waals surface area (Å²) >= 11 is 0. The molecule has 2 heterocycles. The number of hydrogen-bond donors (Lipinski definition) is 1. The predicted molar refractivity (Wildman–Crippen MR) is 103 cm³/mol. The topological polar surface area (TPSA) is 64.3 Å². The zero-order chi connectivity index (χ0) is 18.1. The van der Waals surface area contributed by atoms with Crippen LogP contribution < -0.4 is 10.1 Å². The molecule has 0 unspecified atom stereocenters. The number of nitrogens with one attached hydrogen (secondary N) is 1. The average molecular weight is 347 g/mol. The highest BCUT2D eigenvalue weighted by molar-refractivity contribution is 5.92. The maximum Gasteiger partial charge on any atom is 0.226 e. The van der Waals surface area contributed by atoms with Gasteiger partial charge in [0.2, 0.25) is 5.95 Å². The monoisotopic (exact) mass is 347 g/mol. The van der Waals surface area contributed by atoms with E-state index < -0.39 is 0 Å². The molecule has 6 nitrogen and oxygen atoms in total. The summed E-state index contributed by atoms with van der Waals surface area (Å²) in [6.07, 6.45) is 0.828. The normalized spacial score (nSPS) is 11.2. The summed E-state index contributed by atoms with van der Waals surface area (Å²) in [5, 5.41) is 8.90. The van der Waals surface area contributed by atoms with Crippen LogP contribution in [0.3, 0.4) is 0 Å². The molecule has 0 fully saturated rings. The number of aromatic nitrogens is 4. The van der Waals surface area contributed by atoms with E-state index in [1.807, 2.05) is 37.3 Å². The molecule has 0 saturated carbocycles. The van der Waals surface area contributed by atoms with Crippen molar-refractivity contribution in [1.82, 2.24) is 19.6 Å². The fourth-order valence-electron chi connectivity index (χ4n) is 3.18. The summed E-state index contributed by atoms with van der Waals surface area (Å²) < 4.78 is 7.25. The molecule has 0 aliphatic carbocycles. The first-order valence-corrected chi connectivity index (χ1v) is 8.65. The highest BCUT2D eigenvalue weighted by atomic mass is 16.5. The Bertz CT molecular complexity index is 1090. The molecule has 0 radical (unpaired) electrons. The maximum atomic E-state index is 5.46. The van der Waals surface area contributed by atoms with Gasteiger partial charge in [-0.3, -0.25) is 0 Å². The second-order valence-corrected chi connectivity index (χ2v) is 6.34. The summed E-state index contributed by atoms with van der Waals surface area (Å²) in [6, 6.07) is 14.2. The van der Waals surface area contributed by atoms with Crippen molar-refractivity contribution in [2.45, 2.75) is 20.3 Å². The van der Waals surface area contributed by atoms with Crippen molar-refractivity contribution in [2.75, 3.05) is 19.0 Å². The molecule has 2 aromatic carbocycles. The molecule has 0 spiro atoms. The molecule has 132 valence electrons. The Morgan fingerprint density at radius 2 is 1.92 bits per heavy atom. The van der Waals surface area contributed by atoms with Gasteiger partial charge in [0, 0.05) is 11.9 Å². The van der Waals surface area contributed by atoms with Crippen molar-refractivity contribution in [1.29, 1.82) is 0 Å². The van der Waals surface area contributed by atoms with Crippen LogP contribution >= 0.6 is 0 Å². The zero-order valence-corrected chi connectivity index (χ0v) is 15.2. The molecular formula is C20H21N5O. The Labute approximate surface area is 151 Å². The van der Waals surface area contributed by atoms with Gasteiger partial charge >= 0.3 is 0 Å². The third-order valence-corrected chi connectivity index (χ3v) is 4.40. The first-order chi connectivity index (χ1) is 12.7. The molecule has 6 heteroatoms. The molecule has 0 bridgehead atoms. The molecule has 0 saturated heterocycles. The Kier molecular flexibility index (Phi) is 4.16. The number of hydrogen-bond acceptors (Lipinski definition) is 5. The van der Waals surface area contributed by atoms with Crippen molar-refractivity contribution in [3.05, 3.63) is 59.4 Å². The Morgan fingerprint density at radius 3 is 2.77 bits per heavy atom. The van der Waals surface area contributed by atoms with Crippen LogP contribution in [-0.2, 0) is 6.42 Å². The number of ether oxygens (including phenoxy) is 1. The van der Waals surface area contributed by atoms with Gasteiger partial charge in [0.05, 0.1) is 12.6 Å². The Morgan fingerprint density at radius 1 is 1.08 bits per heavy atom. The van der Waals surface area contributed by atoms with Crippen LogP contribution in [0.5, 0.6) is 5.75 Å². The van der Waals surface area contributed by atoms with E-state index in [9.17, 15) is 0 Å². The average Bonchev–Trinajstić information content (AvgIpc) is 3.04. The van der Waals surface area contributed by atoms with Gasteiger partial charge in [0.25, 0.3) is 0 Å². The van der Waals surface area contributed by atoms with E-state index in [-0.39, 0.29) is 0 Å². The van der Waals surface area contributed by atoms with E-state index in [2.05, 4.69) is 34.5 Å². The van der Waals surface area contributed by atoms with Crippen LogP contribution in [0.15, 0.2) is 42.5 Å². The second-order valence-electron chi connectivity index (χ2n) is 6.34. The van der Waals surface area contributed by atoms with E-state index in [0.717, 1.165) is 41.1 Å². The molecule has 0 aliphatic rings. The molecule has 0 amide bonds. The smallest absolute Gasteiger partial charge is 0.226 e. The lowest BCUT2D eigenvalue weighted by Gasteiger charge is -2.11. The predicted octanol–water partition coefficient (Wildman–Crippen LogP) is 3.56. The largest absolute Gasteiger partial charge is 0.496 e. The summed E-state index contributed by atoms with van der Waals surface area (Å²) in [7, 11) is 1.70. The highest BCUT2D eigenvalue weighted by Crippen LogP contribution is 2.22. The van der Waals surface area contributed by atoms with Crippen molar-refractivity contribution in [3.8, 4) is 5.75 Å². The fourth-order valence-corrected chi connectivity index (χ4v) is 3.18. The summed E-state index contributed by atoms with van der Waals surface area (Å²) in [4.78, 5) is 9.29. The van der Waals surface area contributed by atoms with Crippen LogP contribution in [0.1, 0.15) is 17.0 Å². The third kappa shape index (κ3) is 2.94. The number of para-hydroxylation sites is 1. The van der Waals surface area contributed by atoms with Gasteiger partial charge in [0.15, 0.2) is 5.65 Å². The SMILES string of the molecule is COc1ccc(C)cc1CCNc1nc2ccccc2c2nc(C)nn12. The first-order valence-electron chi connectivity index (χ1n) is 8.65. The lowest BCUT2D eigenvalue weighted by molar-refractivity contribution is 0.410. The van der Waals surface area contributed by atoms with Gasteiger partial charge in [-0.05, 0) is 44.0 Å². The van der Waals surface area contributed by atoms with E-state index in [1.54, 1.807) is 11.6 Å². The minimum atomic E-state index is 0.700. The molecule has 1 N–H and O–H groups in total. The minimum absolute atomic E-state index is 0.700. The van der Waals surface area contributed by atoms with E-state index in [1.165, 1.54) is 11.1 Å². The standard InChI is InChI=1S/C20H21N5O/c1-13-8-9-18(26-3)15(12-13)10-11-21-20-23-17-7-5-4-6-16(17)19-22-14(2)24-25(19)20/h4-9,12H,10-11H2,1-3H3,(H,21,23). The van der Waals surface area contributed by atoms with Crippen molar-refractivity contribution >= 4 is 22.5 Å². The summed E-state index contributed by atoms with van der Waals surface area (Å²) in [6.45, 7) is 4.70.